The second-order valence-corrected chi connectivity index (χ2v) is 3.40. The Labute approximate surface area is 81.3 Å². The van der Waals surface area contributed by atoms with E-state index in [1.807, 2.05) is 6.07 Å². The van der Waals surface area contributed by atoms with Gasteiger partial charge in [-0.05, 0) is 12.1 Å². The fourth-order valence-electron chi connectivity index (χ4n) is 1.14. The zero-order chi connectivity index (χ0) is 9.42. The molecule has 5 heteroatoms. The van der Waals surface area contributed by atoms with Crippen molar-refractivity contribution in [3.63, 3.8) is 0 Å². The monoisotopic (exact) mass is 239 g/mol. The van der Waals surface area contributed by atoms with Crippen molar-refractivity contribution in [2.24, 2.45) is 0 Å². The van der Waals surface area contributed by atoms with Crippen molar-refractivity contribution in [2.75, 3.05) is 0 Å². The van der Waals surface area contributed by atoms with E-state index in [4.69, 9.17) is 5.26 Å². The van der Waals surface area contributed by atoms with E-state index in [2.05, 4.69) is 25.9 Å². The maximum absolute atomic E-state index is 12.7. The Bertz CT molecular complexity index is 512. The van der Waals surface area contributed by atoms with E-state index in [9.17, 15) is 4.39 Å². The summed E-state index contributed by atoms with van der Waals surface area (Å²) in [6.45, 7) is 0. The zero-order valence-corrected chi connectivity index (χ0v) is 7.89. The molecule has 0 spiro atoms. The smallest absolute Gasteiger partial charge is 0.287 e. The molecule has 1 aromatic heterocycles. The van der Waals surface area contributed by atoms with Crippen molar-refractivity contribution < 1.29 is 4.39 Å². The van der Waals surface area contributed by atoms with Crippen LogP contribution in [0.4, 0.5) is 4.39 Å². The van der Waals surface area contributed by atoms with Gasteiger partial charge in [-0.3, -0.25) is 0 Å². The Morgan fingerprint density at radius 2 is 2.31 bits per heavy atom. The first-order chi connectivity index (χ1) is 6.20. The molecule has 0 radical (unpaired) electrons. The lowest BCUT2D eigenvalue weighted by molar-refractivity contribution is 0.556. The van der Waals surface area contributed by atoms with Crippen molar-refractivity contribution in [2.45, 2.75) is 0 Å². The highest BCUT2D eigenvalue weighted by atomic mass is 79.9. The van der Waals surface area contributed by atoms with E-state index < -0.39 is 6.08 Å². The van der Waals surface area contributed by atoms with Crippen LogP contribution in [0.1, 0.15) is 5.56 Å². The van der Waals surface area contributed by atoms with E-state index in [0.717, 1.165) is 4.47 Å². The number of hydrogen-bond acceptors (Lipinski definition) is 2. The maximum atomic E-state index is 12.7. The minimum Gasteiger partial charge on any atom is -0.314 e. The number of nitrogens with one attached hydrogen (secondary N) is 1. The molecule has 1 aromatic carbocycles. The Kier molecular flexibility index (Phi) is 1.78. The lowest BCUT2D eigenvalue weighted by Gasteiger charge is -1.92. The third-order valence-electron chi connectivity index (χ3n) is 1.64. The first-order valence-electron chi connectivity index (χ1n) is 3.45. The zero-order valence-electron chi connectivity index (χ0n) is 6.31. The van der Waals surface area contributed by atoms with E-state index in [0.29, 0.717) is 16.6 Å². The molecule has 13 heavy (non-hydrogen) atoms. The standard InChI is InChI=1S/C8H3BrFN3/c9-5-1-4(3-11)7-6(2-5)12-8(10)13-7/h1-2H,(H,12,13). The molecule has 64 valence electrons. The Morgan fingerprint density at radius 1 is 1.54 bits per heavy atom. The molecule has 2 rings (SSSR count). The second-order valence-electron chi connectivity index (χ2n) is 2.49. The van der Waals surface area contributed by atoms with Crippen molar-refractivity contribution in [3.05, 3.63) is 28.2 Å². The lowest BCUT2D eigenvalue weighted by atomic mass is 10.2. The number of imidazole rings is 1. The molecule has 0 aliphatic carbocycles. The molecule has 3 nitrogen and oxygen atoms in total. The summed E-state index contributed by atoms with van der Waals surface area (Å²) in [4.78, 5) is 5.97. The van der Waals surface area contributed by atoms with Gasteiger partial charge in [-0.15, -0.1) is 0 Å². The number of hydrogen-bond donors (Lipinski definition) is 1. The summed E-state index contributed by atoms with van der Waals surface area (Å²) in [5.41, 5.74) is 1.23. The molecule has 0 aliphatic rings. The molecule has 0 atom stereocenters. The first kappa shape index (κ1) is 8.20. The van der Waals surface area contributed by atoms with Crippen molar-refractivity contribution >= 4 is 27.0 Å². The highest BCUT2D eigenvalue weighted by Gasteiger charge is 2.07. The van der Waals surface area contributed by atoms with Gasteiger partial charge in [0.1, 0.15) is 11.6 Å². The molecule has 0 aliphatic heterocycles. The molecule has 1 N–H and O–H groups in total. The average Bonchev–Trinajstić information content (AvgIpc) is 2.43. The third-order valence-corrected chi connectivity index (χ3v) is 2.10. The van der Waals surface area contributed by atoms with Crippen LogP contribution in [0.5, 0.6) is 0 Å². The predicted molar refractivity (Wildman–Crippen MR) is 48.5 cm³/mol. The largest absolute Gasteiger partial charge is 0.314 e. The Hall–Kier alpha value is -1.41. The number of fused-ring (bicyclic) bond motifs is 1. The highest BCUT2D eigenvalue weighted by molar-refractivity contribution is 9.10. The lowest BCUT2D eigenvalue weighted by Crippen LogP contribution is -1.78. The summed E-state index contributed by atoms with van der Waals surface area (Å²) in [6.07, 6.45) is -0.676. The van der Waals surface area contributed by atoms with Crippen LogP contribution in [0.15, 0.2) is 16.6 Å². The van der Waals surface area contributed by atoms with Crippen LogP contribution in [0.25, 0.3) is 11.0 Å². The van der Waals surface area contributed by atoms with Crippen molar-refractivity contribution in [1.29, 1.82) is 5.26 Å². The van der Waals surface area contributed by atoms with Gasteiger partial charge < -0.3 is 4.98 Å². The van der Waals surface area contributed by atoms with Crippen LogP contribution in [0.3, 0.4) is 0 Å². The van der Waals surface area contributed by atoms with Crippen LogP contribution in [-0.4, -0.2) is 9.97 Å². The van der Waals surface area contributed by atoms with Crippen LogP contribution in [0.2, 0.25) is 0 Å². The van der Waals surface area contributed by atoms with Crippen LogP contribution in [-0.2, 0) is 0 Å². The molecule has 0 bridgehead atoms. The minimum atomic E-state index is -0.676. The number of benzene rings is 1. The van der Waals surface area contributed by atoms with Gasteiger partial charge in [0.25, 0.3) is 6.08 Å². The normalized spacial score (nSPS) is 10.2. The summed E-state index contributed by atoms with van der Waals surface area (Å²) in [5, 5.41) is 8.72. The minimum absolute atomic E-state index is 0.351. The number of H-pyrrole nitrogens is 1. The first-order valence-corrected chi connectivity index (χ1v) is 4.25. The molecular weight excluding hydrogens is 237 g/mol. The van der Waals surface area contributed by atoms with Crippen LogP contribution in [0, 0.1) is 17.4 Å². The van der Waals surface area contributed by atoms with E-state index in [-0.39, 0.29) is 0 Å². The fraction of sp³-hybridized carbons (Fsp3) is 0. The molecule has 0 saturated carbocycles. The molecule has 0 fully saturated rings. The second kappa shape index (κ2) is 2.82. The summed E-state index contributed by atoms with van der Waals surface area (Å²) in [6, 6.07) is 5.22. The summed E-state index contributed by atoms with van der Waals surface area (Å²) in [7, 11) is 0. The average molecular weight is 240 g/mol. The Balaban J connectivity index is 2.90. The predicted octanol–water partition coefficient (Wildman–Crippen LogP) is 2.34. The van der Waals surface area contributed by atoms with Gasteiger partial charge in [0.05, 0.1) is 11.1 Å². The van der Waals surface area contributed by atoms with Gasteiger partial charge in [0.15, 0.2) is 0 Å². The fourth-order valence-corrected chi connectivity index (χ4v) is 1.60. The van der Waals surface area contributed by atoms with Crippen molar-refractivity contribution in [3.8, 4) is 6.07 Å². The molecule has 2 aromatic rings. The maximum Gasteiger partial charge on any atom is 0.287 e. The van der Waals surface area contributed by atoms with Gasteiger partial charge in [-0.2, -0.15) is 9.65 Å². The summed E-state index contributed by atoms with van der Waals surface area (Å²) < 4.78 is 13.4. The van der Waals surface area contributed by atoms with Gasteiger partial charge in [0.2, 0.25) is 0 Å². The van der Waals surface area contributed by atoms with Crippen molar-refractivity contribution in [1.82, 2.24) is 9.97 Å². The summed E-state index contributed by atoms with van der Waals surface area (Å²) >= 11 is 3.21. The van der Waals surface area contributed by atoms with E-state index in [1.54, 1.807) is 12.1 Å². The number of nitriles is 1. The number of halogens is 2. The molecule has 0 amide bonds. The summed E-state index contributed by atoms with van der Waals surface area (Å²) in [5.74, 6) is 0. The molecule has 0 unspecified atom stereocenters. The number of nitrogens with zero attached hydrogens (tertiary/aromatic N) is 2. The Morgan fingerprint density at radius 3 is 3.00 bits per heavy atom. The number of aromatic amines is 1. The SMILES string of the molecule is N#Cc1cc(Br)cc2[nH]c(F)nc12. The molecule has 0 saturated heterocycles. The van der Waals surface area contributed by atoms with E-state index >= 15 is 0 Å². The van der Waals surface area contributed by atoms with Gasteiger partial charge in [-0.25, -0.2) is 4.98 Å². The van der Waals surface area contributed by atoms with Gasteiger partial charge in [-0.1, -0.05) is 15.9 Å². The number of rotatable bonds is 0. The van der Waals surface area contributed by atoms with Crippen LogP contribution < -0.4 is 0 Å². The third kappa shape index (κ3) is 1.29. The van der Waals surface area contributed by atoms with Gasteiger partial charge in [0, 0.05) is 4.47 Å². The quantitative estimate of drug-likeness (QED) is 0.768. The van der Waals surface area contributed by atoms with E-state index in [1.165, 1.54) is 0 Å². The number of aromatic nitrogens is 2. The van der Waals surface area contributed by atoms with Crippen LogP contribution >= 0.6 is 15.9 Å². The topological polar surface area (TPSA) is 52.5 Å². The van der Waals surface area contributed by atoms with Gasteiger partial charge >= 0.3 is 0 Å². The molecule has 1 heterocycles. The highest BCUT2D eigenvalue weighted by Crippen LogP contribution is 2.21. The molecular formula is C8H3BrFN3.